The Morgan fingerprint density at radius 3 is 2.26 bits per heavy atom. The molecule has 3 atom stereocenters. The number of methoxy groups -OCH3 is 2. The minimum Gasteiger partial charge on any atom is -0.497 e. The first kappa shape index (κ1) is 17.6. The molecule has 23 heavy (non-hydrogen) atoms. The van der Waals surface area contributed by atoms with Crippen LogP contribution in [0.2, 0.25) is 0 Å². The Bertz CT molecular complexity index is 519. The van der Waals surface area contributed by atoms with E-state index in [1.165, 1.54) is 6.42 Å². The fraction of sp³-hybridized carbons (Fsp3) is 0.632. The molecular formula is C19H29NO3. The van der Waals surface area contributed by atoms with Crippen LogP contribution in [-0.4, -0.2) is 20.1 Å². The lowest BCUT2D eigenvalue weighted by atomic mass is 9.70. The van der Waals surface area contributed by atoms with Crippen molar-refractivity contribution in [2.75, 3.05) is 19.5 Å². The largest absolute Gasteiger partial charge is 0.497 e. The molecule has 0 saturated heterocycles. The lowest BCUT2D eigenvalue weighted by molar-refractivity contribution is -0.123. The summed E-state index contributed by atoms with van der Waals surface area (Å²) in [6, 6.07) is 5.46. The summed E-state index contributed by atoms with van der Waals surface area (Å²) in [5.74, 6) is 3.15. The Balaban J connectivity index is 2.16. The number of rotatable bonds is 5. The van der Waals surface area contributed by atoms with Gasteiger partial charge in [0, 0.05) is 29.8 Å². The third-order valence-electron chi connectivity index (χ3n) is 4.98. The van der Waals surface area contributed by atoms with Gasteiger partial charge in [-0.3, -0.25) is 4.79 Å². The highest BCUT2D eigenvalue weighted by molar-refractivity contribution is 5.93. The molecule has 0 bridgehead atoms. The first-order valence-electron chi connectivity index (χ1n) is 8.48. The van der Waals surface area contributed by atoms with E-state index in [1.54, 1.807) is 20.3 Å². The maximum Gasteiger partial charge on any atom is 0.227 e. The summed E-state index contributed by atoms with van der Waals surface area (Å²) in [7, 11) is 3.22. The predicted molar refractivity (Wildman–Crippen MR) is 93.0 cm³/mol. The summed E-state index contributed by atoms with van der Waals surface area (Å²) in [4.78, 5) is 12.8. The second kappa shape index (κ2) is 7.71. The van der Waals surface area contributed by atoms with E-state index in [2.05, 4.69) is 26.1 Å². The molecule has 1 aliphatic rings. The molecule has 1 fully saturated rings. The van der Waals surface area contributed by atoms with Crippen molar-refractivity contribution in [2.45, 2.75) is 40.0 Å². The Morgan fingerprint density at radius 1 is 1.13 bits per heavy atom. The lowest BCUT2D eigenvalue weighted by Gasteiger charge is -2.36. The van der Waals surface area contributed by atoms with Gasteiger partial charge in [-0.15, -0.1) is 0 Å². The molecule has 1 aromatic carbocycles. The van der Waals surface area contributed by atoms with Gasteiger partial charge in [0.1, 0.15) is 11.5 Å². The average molecular weight is 319 g/mol. The fourth-order valence-electron chi connectivity index (χ4n) is 3.62. The van der Waals surface area contributed by atoms with Crippen LogP contribution in [0, 0.1) is 23.7 Å². The van der Waals surface area contributed by atoms with Crippen molar-refractivity contribution >= 4 is 11.6 Å². The standard InChI is InChI=1S/C19H29NO3/c1-12(2)17-7-6-13(3)8-18(17)19(21)20-14-9-15(22-4)11-16(10-14)23-5/h9-13,17-18H,6-8H2,1-5H3,(H,20,21)/t13-,17+,18-/m1/s1. The summed E-state index contributed by atoms with van der Waals surface area (Å²) in [5.41, 5.74) is 0.729. The molecule has 1 N–H and O–H groups in total. The summed E-state index contributed by atoms with van der Waals surface area (Å²) in [6.07, 6.45) is 3.33. The number of carbonyl (C=O) groups is 1. The predicted octanol–water partition coefficient (Wildman–Crippen LogP) is 4.35. The highest BCUT2D eigenvalue weighted by atomic mass is 16.5. The molecule has 0 radical (unpaired) electrons. The lowest BCUT2D eigenvalue weighted by Crippen LogP contribution is -2.36. The first-order chi connectivity index (χ1) is 10.9. The number of carbonyl (C=O) groups excluding carboxylic acids is 1. The summed E-state index contributed by atoms with van der Waals surface area (Å²) >= 11 is 0. The van der Waals surface area contributed by atoms with E-state index in [4.69, 9.17) is 9.47 Å². The zero-order valence-corrected chi connectivity index (χ0v) is 14.9. The molecule has 4 heteroatoms. The van der Waals surface area contributed by atoms with Gasteiger partial charge in [-0.2, -0.15) is 0 Å². The van der Waals surface area contributed by atoms with Crippen LogP contribution >= 0.6 is 0 Å². The molecular weight excluding hydrogens is 290 g/mol. The Labute approximate surface area is 139 Å². The van der Waals surface area contributed by atoms with Crippen LogP contribution in [0.5, 0.6) is 11.5 Å². The Morgan fingerprint density at radius 2 is 1.74 bits per heavy atom. The average Bonchev–Trinajstić information content (AvgIpc) is 2.53. The monoisotopic (exact) mass is 319 g/mol. The number of hydrogen-bond acceptors (Lipinski definition) is 3. The zero-order chi connectivity index (χ0) is 17.0. The molecule has 2 rings (SSSR count). The molecule has 128 valence electrons. The minimum atomic E-state index is 0.0796. The van der Waals surface area contributed by atoms with Gasteiger partial charge in [-0.25, -0.2) is 0 Å². The summed E-state index contributed by atoms with van der Waals surface area (Å²) in [5, 5.41) is 3.07. The molecule has 1 saturated carbocycles. The van der Waals surface area contributed by atoms with E-state index in [-0.39, 0.29) is 11.8 Å². The number of amides is 1. The summed E-state index contributed by atoms with van der Waals surface area (Å²) < 4.78 is 10.5. The third-order valence-corrected chi connectivity index (χ3v) is 4.98. The number of hydrogen-bond donors (Lipinski definition) is 1. The van der Waals surface area contributed by atoms with Gasteiger partial charge in [0.2, 0.25) is 5.91 Å². The Hall–Kier alpha value is -1.71. The highest BCUT2D eigenvalue weighted by Crippen LogP contribution is 2.39. The number of ether oxygens (including phenoxy) is 2. The molecule has 0 aromatic heterocycles. The maximum atomic E-state index is 12.8. The van der Waals surface area contributed by atoms with Gasteiger partial charge in [0.25, 0.3) is 0 Å². The summed E-state index contributed by atoms with van der Waals surface area (Å²) in [6.45, 7) is 6.68. The van der Waals surface area contributed by atoms with E-state index in [0.29, 0.717) is 29.3 Å². The molecule has 1 aromatic rings. The van der Waals surface area contributed by atoms with E-state index >= 15 is 0 Å². The molecule has 1 amide bonds. The molecule has 0 aliphatic heterocycles. The quantitative estimate of drug-likeness (QED) is 0.877. The van der Waals surface area contributed by atoms with Gasteiger partial charge >= 0.3 is 0 Å². The normalized spacial score (nSPS) is 24.3. The van der Waals surface area contributed by atoms with Crippen LogP contribution in [0.25, 0.3) is 0 Å². The number of benzene rings is 1. The van der Waals surface area contributed by atoms with E-state index < -0.39 is 0 Å². The van der Waals surface area contributed by atoms with E-state index in [1.807, 2.05) is 12.1 Å². The third kappa shape index (κ3) is 4.40. The van der Waals surface area contributed by atoms with Crippen molar-refractivity contribution in [1.82, 2.24) is 0 Å². The van der Waals surface area contributed by atoms with Crippen molar-refractivity contribution in [3.05, 3.63) is 18.2 Å². The van der Waals surface area contributed by atoms with Crippen LogP contribution in [-0.2, 0) is 4.79 Å². The van der Waals surface area contributed by atoms with Crippen molar-refractivity contribution < 1.29 is 14.3 Å². The molecule has 0 spiro atoms. The van der Waals surface area contributed by atoms with Gasteiger partial charge in [-0.05, 0) is 30.6 Å². The van der Waals surface area contributed by atoms with Crippen molar-refractivity contribution in [3.63, 3.8) is 0 Å². The van der Waals surface area contributed by atoms with Crippen LogP contribution in [0.4, 0.5) is 5.69 Å². The molecule has 0 heterocycles. The molecule has 4 nitrogen and oxygen atoms in total. The van der Waals surface area contributed by atoms with E-state index in [9.17, 15) is 4.79 Å². The van der Waals surface area contributed by atoms with Crippen LogP contribution in [0.15, 0.2) is 18.2 Å². The van der Waals surface area contributed by atoms with Gasteiger partial charge < -0.3 is 14.8 Å². The minimum absolute atomic E-state index is 0.0796. The van der Waals surface area contributed by atoms with Crippen molar-refractivity contribution in [2.24, 2.45) is 23.7 Å². The number of anilines is 1. The van der Waals surface area contributed by atoms with Gasteiger partial charge in [-0.1, -0.05) is 27.2 Å². The first-order valence-corrected chi connectivity index (χ1v) is 8.48. The zero-order valence-electron chi connectivity index (χ0n) is 14.9. The van der Waals surface area contributed by atoms with Crippen LogP contribution in [0.3, 0.4) is 0 Å². The van der Waals surface area contributed by atoms with Crippen molar-refractivity contribution in [3.8, 4) is 11.5 Å². The number of nitrogens with one attached hydrogen (secondary N) is 1. The van der Waals surface area contributed by atoms with Crippen LogP contribution < -0.4 is 14.8 Å². The molecule has 1 aliphatic carbocycles. The van der Waals surface area contributed by atoms with Gasteiger partial charge in [0.15, 0.2) is 0 Å². The topological polar surface area (TPSA) is 47.6 Å². The second-order valence-electron chi connectivity index (χ2n) is 7.02. The fourth-order valence-corrected chi connectivity index (χ4v) is 3.62. The maximum absolute atomic E-state index is 12.8. The SMILES string of the molecule is COc1cc(NC(=O)[C@@H]2C[C@H](C)CC[C@H]2C(C)C)cc(OC)c1. The molecule has 0 unspecified atom stereocenters. The second-order valence-corrected chi connectivity index (χ2v) is 7.02. The van der Waals surface area contributed by atoms with Crippen LogP contribution in [0.1, 0.15) is 40.0 Å². The van der Waals surface area contributed by atoms with Gasteiger partial charge in [0.05, 0.1) is 14.2 Å². The smallest absolute Gasteiger partial charge is 0.227 e. The Kier molecular flexibility index (Phi) is 5.91. The van der Waals surface area contributed by atoms with E-state index in [0.717, 1.165) is 18.5 Å². The highest BCUT2D eigenvalue weighted by Gasteiger charge is 2.35. The van der Waals surface area contributed by atoms with Crippen molar-refractivity contribution in [1.29, 1.82) is 0 Å².